The molecule has 0 amide bonds. The predicted molar refractivity (Wildman–Crippen MR) is 108 cm³/mol. The van der Waals surface area contributed by atoms with Crippen molar-refractivity contribution in [3.8, 4) is 17.2 Å². The first-order chi connectivity index (χ1) is 13.4. The fourth-order valence-corrected chi connectivity index (χ4v) is 4.47. The summed E-state index contributed by atoms with van der Waals surface area (Å²) in [5.74, 6) is 0. The van der Waals surface area contributed by atoms with Gasteiger partial charge in [0.05, 0.1) is 29.1 Å². The smallest absolute Gasteiger partial charge is 0.0966 e. The quantitative estimate of drug-likeness (QED) is 0.479. The molecule has 4 nitrogen and oxygen atoms in total. The summed E-state index contributed by atoms with van der Waals surface area (Å²) >= 11 is 0. The number of aryl methyl sites for hydroxylation is 1. The van der Waals surface area contributed by atoms with Crippen molar-refractivity contribution in [3.63, 3.8) is 0 Å². The van der Waals surface area contributed by atoms with Crippen LogP contribution >= 0.6 is 0 Å². The minimum Gasteiger partial charge on any atom is -0.338 e. The van der Waals surface area contributed by atoms with E-state index in [4.69, 9.17) is 4.99 Å². The van der Waals surface area contributed by atoms with Crippen LogP contribution in [0.15, 0.2) is 58.5 Å². The van der Waals surface area contributed by atoms with Crippen molar-refractivity contribution in [2.24, 2.45) is 9.98 Å². The molecule has 6 rings (SSSR count). The molecular formula is C23H14N4. The highest BCUT2D eigenvalue weighted by atomic mass is 15.0. The second kappa shape index (κ2) is 5.15. The summed E-state index contributed by atoms with van der Waals surface area (Å²) in [4.78, 5) is 9.48. The van der Waals surface area contributed by atoms with E-state index >= 15 is 0 Å². The van der Waals surface area contributed by atoms with E-state index in [0.717, 1.165) is 44.0 Å². The van der Waals surface area contributed by atoms with Gasteiger partial charge in [0.15, 0.2) is 0 Å². The van der Waals surface area contributed by atoms with E-state index in [1.54, 1.807) is 0 Å². The zero-order valence-electron chi connectivity index (χ0n) is 14.5. The van der Waals surface area contributed by atoms with E-state index in [2.05, 4.69) is 58.1 Å². The van der Waals surface area contributed by atoms with Gasteiger partial charge in [-0.3, -0.25) is 4.99 Å². The van der Waals surface area contributed by atoms with Crippen LogP contribution in [0.3, 0.4) is 0 Å². The number of aromatic nitrogens is 1. The average Bonchev–Trinajstić information content (AvgIpc) is 3.39. The Morgan fingerprint density at radius 2 is 1.89 bits per heavy atom. The van der Waals surface area contributed by atoms with Gasteiger partial charge in [0.1, 0.15) is 0 Å². The zero-order chi connectivity index (χ0) is 18.0. The molecule has 0 bridgehead atoms. The maximum Gasteiger partial charge on any atom is 0.0966 e. The third-order valence-corrected chi connectivity index (χ3v) is 5.52. The lowest BCUT2D eigenvalue weighted by Crippen LogP contribution is -2.19. The molecule has 2 aliphatic rings. The summed E-state index contributed by atoms with van der Waals surface area (Å²) in [5, 5.41) is 13.7. The molecule has 0 fully saturated rings. The van der Waals surface area contributed by atoms with Gasteiger partial charge < -0.3 is 4.57 Å². The number of aliphatic imine (C=N–C) groups is 1. The van der Waals surface area contributed by atoms with Crippen LogP contribution in [0.1, 0.15) is 12.0 Å². The topological polar surface area (TPSA) is 53.4 Å². The molecule has 27 heavy (non-hydrogen) atoms. The fourth-order valence-electron chi connectivity index (χ4n) is 4.47. The standard InChI is InChI=1S/C23H14N4/c24-10-5-11-27-19-9-4-2-7-15(19)21-17-13-25-12-16(17)20-14-6-1-3-8-18(14)26-22(20)23(21)27/h1-4,6-9,12-13H,5,11H2. The van der Waals surface area contributed by atoms with Gasteiger partial charge in [-0.05, 0) is 12.1 Å². The van der Waals surface area contributed by atoms with Crippen molar-refractivity contribution in [2.75, 3.05) is 0 Å². The molecule has 0 saturated heterocycles. The molecule has 2 aliphatic heterocycles. The summed E-state index contributed by atoms with van der Waals surface area (Å²) in [7, 11) is 0. The summed E-state index contributed by atoms with van der Waals surface area (Å²) < 4.78 is 2.26. The van der Waals surface area contributed by atoms with Gasteiger partial charge in [0.25, 0.3) is 0 Å². The Bertz CT molecular complexity index is 1480. The van der Waals surface area contributed by atoms with Crippen LogP contribution in [-0.2, 0) is 6.54 Å². The minimum atomic E-state index is 0.465. The van der Waals surface area contributed by atoms with E-state index in [-0.39, 0.29) is 0 Å². The van der Waals surface area contributed by atoms with E-state index in [1.807, 2.05) is 18.5 Å². The number of benzene rings is 3. The van der Waals surface area contributed by atoms with Gasteiger partial charge in [0, 0.05) is 57.2 Å². The molecule has 1 aromatic heterocycles. The van der Waals surface area contributed by atoms with Gasteiger partial charge >= 0.3 is 0 Å². The molecule has 0 N–H and O–H groups in total. The molecule has 0 spiro atoms. The molecule has 0 atom stereocenters. The van der Waals surface area contributed by atoms with Crippen LogP contribution < -0.4 is 10.6 Å². The highest BCUT2D eigenvalue weighted by Gasteiger charge is 2.25. The van der Waals surface area contributed by atoms with Crippen molar-refractivity contribution < 1.29 is 0 Å². The van der Waals surface area contributed by atoms with Gasteiger partial charge in [-0.2, -0.15) is 5.26 Å². The van der Waals surface area contributed by atoms with Gasteiger partial charge in [-0.1, -0.05) is 36.4 Å². The van der Waals surface area contributed by atoms with Crippen LogP contribution in [0.25, 0.3) is 39.1 Å². The summed E-state index contributed by atoms with van der Waals surface area (Å²) in [5.41, 5.74) is 6.72. The van der Waals surface area contributed by atoms with Crippen molar-refractivity contribution in [1.29, 1.82) is 5.26 Å². The van der Waals surface area contributed by atoms with Crippen molar-refractivity contribution in [3.05, 3.63) is 64.7 Å². The van der Waals surface area contributed by atoms with E-state index in [9.17, 15) is 5.26 Å². The normalized spacial score (nSPS) is 13.1. The van der Waals surface area contributed by atoms with E-state index in [1.165, 1.54) is 10.8 Å². The first-order valence-electron chi connectivity index (χ1n) is 9.04. The summed E-state index contributed by atoms with van der Waals surface area (Å²) in [6, 6.07) is 19.0. The average molecular weight is 346 g/mol. The Hall–Kier alpha value is -3.71. The highest BCUT2D eigenvalue weighted by Crippen LogP contribution is 2.37. The van der Waals surface area contributed by atoms with Crippen molar-refractivity contribution in [2.45, 2.75) is 13.0 Å². The molecule has 0 aliphatic carbocycles. The maximum absolute atomic E-state index is 9.19. The second-order valence-corrected chi connectivity index (χ2v) is 6.89. The van der Waals surface area contributed by atoms with Crippen LogP contribution in [0.5, 0.6) is 0 Å². The zero-order valence-corrected chi connectivity index (χ0v) is 14.5. The molecule has 126 valence electrons. The molecule has 4 aromatic rings. The lowest BCUT2D eigenvalue weighted by molar-refractivity contribution is 0.766. The van der Waals surface area contributed by atoms with Crippen LogP contribution in [0, 0.1) is 11.3 Å². The van der Waals surface area contributed by atoms with Crippen molar-refractivity contribution in [1.82, 2.24) is 4.57 Å². The number of hydrogen-bond donors (Lipinski definition) is 0. The van der Waals surface area contributed by atoms with E-state index in [0.29, 0.717) is 13.0 Å². The fraction of sp³-hybridized carbons (Fsp3) is 0.0870. The number of para-hydroxylation sites is 2. The van der Waals surface area contributed by atoms with Crippen molar-refractivity contribution >= 4 is 39.9 Å². The maximum atomic E-state index is 9.19. The molecule has 0 radical (unpaired) electrons. The number of fused-ring (bicyclic) bond motifs is 10. The number of hydrogen-bond acceptors (Lipinski definition) is 3. The van der Waals surface area contributed by atoms with E-state index < -0.39 is 0 Å². The lowest BCUT2D eigenvalue weighted by atomic mass is 9.96. The largest absolute Gasteiger partial charge is 0.338 e. The SMILES string of the molecule is N#CCCn1c2ccccc2c2c3c(c4c(c21)=Nc1ccccc1-4)C=NC=3. The Morgan fingerprint density at radius 1 is 1.04 bits per heavy atom. The predicted octanol–water partition coefficient (Wildman–Crippen LogP) is 3.81. The van der Waals surface area contributed by atoms with Gasteiger partial charge in [0.2, 0.25) is 0 Å². The highest BCUT2D eigenvalue weighted by molar-refractivity contribution is 6.14. The first-order valence-corrected chi connectivity index (χ1v) is 9.04. The lowest BCUT2D eigenvalue weighted by Gasteiger charge is -2.07. The Labute approximate surface area is 155 Å². The van der Waals surface area contributed by atoms with Gasteiger partial charge in [-0.15, -0.1) is 0 Å². The molecule has 0 saturated carbocycles. The third kappa shape index (κ3) is 1.76. The first kappa shape index (κ1) is 14.5. The molecule has 3 heterocycles. The number of rotatable bonds is 2. The van der Waals surface area contributed by atoms with Crippen LogP contribution in [0.4, 0.5) is 5.69 Å². The molecular weight excluding hydrogens is 332 g/mol. The number of nitriles is 1. The Morgan fingerprint density at radius 3 is 2.81 bits per heavy atom. The van der Waals surface area contributed by atoms with Gasteiger partial charge in [-0.25, -0.2) is 4.99 Å². The van der Waals surface area contributed by atoms with Crippen LogP contribution in [0.2, 0.25) is 0 Å². The Kier molecular flexibility index (Phi) is 2.76. The summed E-state index contributed by atoms with van der Waals surface area (Å²) in [6.45, 7) is 0.651. The monoisotopic (exact) mass is 346 g/mol. The molecule has 3 aromatic carbocycles. The third-order valence-electron chi connectivity index (χ3n) is 5.52. The second-order valence-electron chi connectivity index (χ2n) is 6.89. The molecule has 0 unspecified atom stereocenters. The summed E-state index contributed by atoms with van der Waals surface area (Å²) in [6.07, 6.45) is 4.37. The minimum absolute atomic E-state index is 0.465. The van der Waals surface area contributed by atoms with Crippen LogP contribution in [-0.4, -0.2) is 10.8 Å². The Balaban J connectivity index is 1.91. The molecule has 4 heteroatoms. The number of nitrogens with zero attached hydrogens (tertiary/aromatic N) is 4.